The molecule has 2 aliphatic rings. The maximum Gasteiger partial charge on any atom is 0.236 e. The SMILES string of the molecule is Cc1cccc(N2CCN(C(=O)CNC3CCCC3)CC2)c1C. The molecular formula is C19H29N3O. The summed E-state index contributed by atoms with van der Waals surface area (Å²) >= 11 is 0. The van der Waals surface area contributed by atoms with Crippen LogP contribution in [-0.4, -0.2) is 49.6 Å². The molecule has 0 bridgehead atoms. The van der Waals surface area contributed by atoms with Crippen LogP contribution in [0.4, 0.5) is 5.69 Å². The number of hydrogen-bond acceptors (Lipinski definition) is 3. The van der Waals surface area contributed by atoms with Crippen LogP contribution in [0.2, 0.25) is 0 Å². The summed E-state index contributed by atoms with van der Waals surface area (Å²) in [5, 5.41) is 3.43. The second kappa shape index (κ2) is 7.35. The second-order valence-corrected chi connectivity index (χ2v) is 6.95. The number of piperazine rings is 1. The van der Waals surface area contributed by atoms with E-state index in [0.29, 0.717) is 12.6 Å². The highest BCUT2D eigenvalue weighted by atomic mass is 16.2. The Bertz CT molecular complexity index is 544. The monoisotopic (exact) mass is 315 g/mol. The van der Waals surface area contributed by atoms with Crippen molar-refractivity contribution in [2.75, 3.05) is 37.6 Å². The van der Waals surface area contributed by atoms with Gasteiger partial charge in [-0.2, -0.15) is 0 Å². The van der Waals surface area contributed by atoms with Crippen LogP contribution in [0.3, 0.4) is 0 Å². The first-order valence-corrected chi connectivity index (χ1v) is 8.97. The van der Waals surface area contributed by atoms with Crippen LogP contribution in [0.25, 0.3) is 0 Å². The normalized spacial score (nSPS) is 19.4. The number of nitrogens with one attached hydrogen (secondary N) is 1. The van der Waals surface area contributed by atoms with Gasteiger partial charge in [0.05, 0.1) is 6.54 Å². The Morgan fingerprint density at radius 3 is 2.52 bits per heavy atom. The number of anilines is 1. The lowest BCUT2D eigenvalue weighted by Gasteiger charge is -2.37. The van der Waals surface area contributed by atoms with Gasteiger partial charge < -0.3 is 15.1 Å². The summed E-state index contributed by atoms with van der Waals surface area (Å²) in [4.78, 5) is 16.8. The zero-order valence-electron chi connectivity index (χ0n) is 14.5. The molecule has 1 saturated carbocycles. The number of aryl methyl sites for hydroxylation is 1. The quantitative estimate of drug-likeness (QED) is 0.927. The van der Waals surface area contributed by atoms with Gasteiger partial charge in [0.25, 0.3) is 0 Å². The molecule has 0 radical (unpaired) electrons. The molecule has 0 atom stereocenters. The Balaban J connectivity index is 1.49. The van der Waals surface area contributed by atoms with Gasteiger partial charge in [-0.1, -0.05) is 25.0 Å². The number of benzene rings is 1. The van der Waals surface area contributed by atoms with Crippen molar-refractivity contribution >= 4 is 11.6 Å². The fourth-order valence-electron chi connectivity index (χ4n) is 3.75. The Hall–Kier alpha value is -1.55. The molecule has 3 rings (SSSR count). The molecule has 1 aliphatic heterocycles. The van der Waals surface area contributed by atoms with E-state index in [1.165, 1.54) is 42.5 Å². The lowest BCUT2D eigenvalue weighted by atomic mass is 10.1. The molecule has 0 spiro atoms. The number of carbonyl (C=O) groups is 1. The van der Waals surface area contributed by atoms with E-state index in [1.54, 1.807) is 0 Å². The van der Waals surface area contributed by atoms with E-state index in [1.807, 2.05) is 4.90 Å². The summed E-state index contributed by atoms with van der Waals surface area (Å²) in [5.74, 6) is 0.262. The minimum atomic E-state index is 0.262. The molecule has 1 saturated heterocycles. The second-order valence-electron chi connectivity index (χ2n) is 6.95. The zero-order chi connectivity index (χ0) is 16.2. The summed E-state index contributed by atoms with van der Waals surface area (Å²) < 4.78 is 0. The van der Waals surface area contributed by atoms with Crippen molar-refractivity contribution in [3.05, 3.63) is 29.3 Å². The molecule has 1 aliphatic carbocycles. The predicted molar refractivity (Wildman–Crippen MR) is 95.0 cm³/mol. The van der Waals surface area contributed by atoms with Gasteiger partial charge in [0, 0.05) is 37.9 Å². The first-order valence-electron chi connectivity index (χ1n) is 8.97. The highest BCUT2D eigenvalue weighted by Gasteiger charge is 2.23. The third kappa shape index (κ3) is 3.86. The number of hydrogen-bond donors (Lipinski definition) is 1. The molecule has 2 fully saturated rings. The maximum absolute atomic E-state index is 12.4. The van der Waals surface area contributed by atoms with Crippen molar-refractivity contribution in [2.24, 2.45) is 0 Å². The van der Waals surface area contributed by atoms with Crippen molar-refractivity contribution in [1.82, 2.24) is 10.2 Å². The molecule has 4 nitrogen and oxygen atoms in total. The Morgan fingerprint density at radius 2 is 1.83 bits per heavy atom. The molecule has 126 valence electrons. The minimum Gasteiger partial charge on any atom is -0.368 e. The molecule has 0 unspecified atom stereocenters. The van der Waals surface area contributed by atoms with Gasteiger partial charge in [-0.3, -0.25) is 4.79 Å². The van der Waals surface area contributed by atoms with Crippen LogP contribution < -0.4 is 10.2 Å². The Morgan fingerprint density at radius 1 is 1.13 bits per heavy atom. The standard InChI is InChI=1S/C19H29N3O/c1-15-6-5-9-18(16(15)2)21-10-12-22(13-11-21)19(23)14-20-17-7-3-4-8-17/h5-6,9,17,20H,3-4,7-8,10-14H2,1-2H3. The van der Waals surface area contributed by atoms with Crippen LogP contribution in [0.1, 0.15) is 36.8 Å². The summed E-state index contributed by atoms with van der Waals surface area (Å²) in [7, 11) is 0. The Labute approximate surface area is 139 Å². The van der Waals surface area contributed by atoms with Gasteiger partial charge in [-0.05, 0) is 43.9 Å². The topological polar surface area (TPSA) is 35.6 Å². The summed E-state index contributed by atoms with van der Waals surface area (Å²) in [5.41, 5.74) is 4.01. The molecule has 0 aromatic heterocycles. The lowest BCUT2D eigenvalue weighted by Crippen LogP contribution is -2.51. The van der Waals surface area contributed by atoms with E-state index in [2.05, 4.69) is 42.3 Å². The van der Waals surface area contributed by atoms with Crippen LogP contribution in [-0.2, 0) is 4.79 Å². The average Bonchev–Trinajstić information content (AvgIpc) is 3.09. The fourth-order valence-corrected chi connectivity index (χ4v) is 3.75. The molecule has 1 aromatic carbocycles. The van der Waals surface area contributed by atoms with Gasteiger partial charge >= 0.3 is 0 Å². The van der Waals surface area contributed by atoms with Crippen LogP contribution in [0, 0.1) is 13.8 Å². The van der Waals surface area contributed by atoms with E-state index in [-0.39, 0.29) is 5.91 Å². The van der Waals surface area contributed by atoms with E-state index < -0.39 is 0 Å². The maximum atomic E-state index is 12.4. The molecule has 4 heteroatoms. The fraction of sp³-hybridized carbons (Fsp3) is 0.632. The van der Waals surface area contributed by atoms with Gasteiger partial charge in [0.2, 0.25) is 5.91 Å². The number of nitrogens with zero attached hydrogens (tertiary/aromatic N) is 2. The number of carbonyl (C=O) groups excluding carboxylic acids is 1. The minimum absolute atomic E-state index is 0.262. The highest BCUT2D eigenvalue weighted by Crippen LogP contribution is 2.24. The van der Waals surface area contributed by atoms with Crippen LogP contribution >= 0.6 is 0 Å². The summed E-state index contributed by atoms with van der Waals surface area (Å²) in [6, 6.07) is 7.05. The average molecular weight is 315 g/mol. The third-order valence-electron chi connectivity index (χ3n) is 5.45. The van der Waals surface area contributed by atoms with Crippen molar-refractivity contribution in [1.29, 1.82) is 0 Å². The molecular weight excluding hydrogens is 286 g/mol. The Kier molecular flexibility index (Phi) is 5.21. The lowest BCUT2D eigenvalue weighted by molar-refractivity contribution is -0.130. The van der Waals surface area contributed by atoms with Crippen LogP contribution in [0.15, 0.2) is 18.2 Å². The van der Waals surface area contributed by atoms with E-state index in [0.717, 1.165) is 26.2 Å². The predicted octanol–water partition coefficient (Wildman–Crippen LogP) is 2.48. The zero-order valence-corrected chi connectivity index (χ0v) is 14.5. The van der Waals surface area contributed by atoms with Crippen molar-refractivity contribution < 1.29 is 4.79 Å². The van der Waals surface area contributed by atoms with E-state index in [4.69, 9.17) is 0 Å². The highest BCUT2D eigenvalue weighted by molar-refractivity contribution is 5.78. The number of rotatable bonds is 4. The van der Waals surface area contributed by atoms with Gasteiger partial charge in [0.15, 0.2) is 0 Å². The number of amides is 1. The van der Waals surface area contributed by atoms with Crippen molar-refractivity contribution in [3.63, 3.8) is 0 Å². The first kappa shape index (κ1) is 16.3. The van der Waals surface area contributed by atoms with Gasteiger partial charge in [-0.15, -0.1) is 0 Å². The van der Waals surface area contributed by atoms with E-state index >= 15 is 0 Å². The first-order chi connectivity index (χ1) is 11.1. The molecule has 1 heterocycles. The summed E-state index contributed by atoms with van der Waals surface area (Å²) in [6.45, 7) is 8.38. The smallest absolute Gasteiger partial charge is 0.236 e. The van der Waals surface area contributed by atoms with Crippen molar-refractivity contribution in [2.45, 2.75) is 45.6 Å². The summed E-state index contributed by atoms with van der Waals surface area (Å²) in [6.07, 6.45) is 5.07. The van der Waals surface area contributed by atoms with Gasteiger partial charge in [0.1, 0.15) is 0 Å². The van der Waals surface area contributed by atoms with Gasteiger partial charge in [-0.25, -0.2) is 0 Å². The van der Waals surface area contributed by atoms with E-state index in [9.17, 15) is 4.79 Å². The molecule has 1 amide bonds. The van der Waals surface area contributed by atoms with Crippen LogP contribution in [0.5, 0.6) is 0 Å². The van der Waals surface area contributed by atoms with Crippen molar-refractivity contribution in [3.8, 4) is 0 Å². The molecule has 23 heavy (non-hydrogen) atoms. The molecule has 1 N–H and O–H groups in total. The largest absolute Gasteiger partial charge is 0.368 e. The molecule has 1 aromatic rings. The third-order valence-corrected chi connectivity index (χ3v) is 5.45.